The van der Waals surface area contributed by atoms with Crippen LogP contribution < -0.4 is 9.64 Å². The van der Waals surface area contributed by atoms with Crippen molar-refractivity contribution in [3.8, 4) is 6.01 Å². The molecule has 2 aliphatic rings. The summed E-state index contributed by atoms with van der Waals surface area (Å²) in [6.45, 7) is 2.52. The molecule has 5 rings (SSSR count). The Kier molecular flexibility index (Phi) is 6.85. The number of carboxylic acids is 1. The van der Waals surface area contributed by atoms with Gasteiger partial charge >= 0.3 is 12.1 Å². The Morgan fingerprint density at radius 1 is 1.06 bits per heavy atom. The predicted octanol–water partition coefficient (Wildman–Crippen LogP) is 5.38. The molecule has 0 saturated heterocycles. The third-order valence-electron chi connectivity index (χ3n) is 7.67. The van der Waals surface area contributed by atoms with E-state index in [0.717, 1.165) is 54.4 Å². The standard InChI is InChI=1S/C28H33N3O5/c1-18-8-13-22-23(30(18)28(34)35-2)14-15-24-25(22)29-27(36-17-16-19-6-4-3-5-7-19)31(24)21-11-9-20(10-12-21)26(32)33/h3-7,14-15,18,20-21H,8-13,16-17H2,1-2H3,(H,32,33)/t18-,20?,21?/m0/s1. The largest absolute Gasteiger partial charge is 0.481 e. The molecule has 1 atom stereocenters. The van der Waals surface area contributed by atoms with Crippen LogP contribution in [0.15, 0.2) is 42.5 Å². The fraction of sp³-hybridized carbons (Fsp3) is 0.464. The first-order chi connectivity index (χ1) is 17.5. The molecule has 1 aliphatic heterocycles. The van der Waals surface area contributed by atoms with Gasteiger partial charge in [-0.3, -0.25) is 14.3 Å². The molecule has 8 nitrogen and oxygen atoms in total. The second-order valence-electron chi connectivity index (χ2n) is 9.85. The van der Waals surface area contributed by atoms with Crippen LogP contribution >= 0.6 is 0 Å². The summed E-state index contributed by atoms with van der Waals surface area (Å²) in [6, 6.07) is 14.9. The van der Waals surface area contributed by atoms with Crippen molar-refractivity contribution in [2.24, 2.45) is 5.92 Å². The first-order valence-corrected chi connectivity index (χ1v) is 12.8. The number of benzene rings is 2. The number of amides is 1. The Morgan fingerprint density at radius 3 is 2.50 bits per heavy atom. The molecular formula is C28H33N3O5. The molecule has 1 amide bonds. The zero-order valence-corrected chi connectivity index (χ0v) is 20.9. The first kappa shape index (κ1) is 24.2. The number of anilines is 1. The van der Waals surface area contributed by atoms with E-state index in [9.17, 15) is 14.7 Å². The van der Waals surface area contributed by atoms with Crippen molar-refractivity contribution < 1.29 is 24.2 Å². The molecule has 1 saturated carbocycles. The third kappa shape index (κ3) is 4.52. The number of carboxylic acid groups (broad SMARTS) is 1. The predicted molar refractivity (Wildman–Crippen MR) is 137 cm³/mol. The first-order valence-electron chi connectivity index (χ1n) is 12.8. The number of nitrogens with zero attached hydrogens (tertiary/aromatic N) is 3. The van der Waals surface area contributed by atoms with E-state index in [2.05, 4.69) is 16.7 Å². The summed E-state index contributed by atoms with van der Waals surface area (Å²) in [4.78, 5) is 30.8. The lowest BCUT2D eigenvalue weighted by molar-refractivity contribution is -0.143. The highest BCUT2D eigenvalue weighted by Gasteiger charge is 2.34. The molecule has 0 radical (unpaired) electrons. The molecule has 0 bridgehead atoms. The summed E-state index contributed by atoms with van der Waals surface area (Å²) in [5.41, 5.74) is 4.89. The molecule has 2 aromatic carbocycles. The Labute approximate surface area is 210 Å². The minimum absolute atomic E-state index is 0.0392. The van der Waals surface area contributed by atoms with Gasteiger partial charge in [-0.1, -0.05) is 30.3 Å². The molecule has 1 fully saturated rings. The maximum absolute atomic E-state index is 12.6. The topological polar surface area (TPSA) is 93.9 Å². The highest BCUT2D eigenvalue weighted by atomic mass is 16.5. The highest BCUT2D eigenvalue weighted by Crippen LogP contribution is 2.42. The molecule has 2 heterocycles. The van der Waals surface area contributed by atoms with Crippen molar-refractivity contribution in [3.63, 3.8) is 0 Å². The van der Waals surface area contributed by atoms with Gasteiger partial charge in [0.15, 0.2) is 0 Å². The number of aromatic nitrogens is 2. The van der Waals surface area contributed by atoms with Gasteiger partial charge in [0.2, 0.25) is 0 Å². The maximum atomic E-state index is 12.6. The number of hydrogen-bond acceptors (Lipinski definition) is 5. The van der Waals surface area contributed by atoms with Gasteiger partial charge < -0.3 is 14.6 Å². The molecule has 36 heavy (non-hydrogen) atoms. The normalized spacial score (nSPS) is 21.7. The van der Waals surface area contributed by atoms with Crippen LogP contribution in [0.5, 0.6) is 6.01 Å². The zero-order chi connectivity index (χ0) is 25.2. The lowest BCUT2D eigenvalue weighted by atomic mass is 9.86. The number of aliphatic carboxylic acids is 1. The minimum Gasteiger partial charge on any atom is -0.481 e. The van der Waals surface area contributed by atoms with Crippen molar-refractivity contribution in [2.45, 2.75) is 64.0 Å². The Hall–Kier alpha value is -3.55. The van der Waals surface area contributed by atoms with Crippen molar-refractivity contribution >= 4 is 28.8 Å². The van der Waals surface area contributed by atoms with E-state index in [1.54, 1.807) is 4.90 Å². The van der Waals surface area contributed by atoms with Crippen LogP contribution in [-0.2, 0) is 22.4 Å². The summed E-state index contributed by atoms with van der Waals surface area (Å²) < 4.78 is 13.5. The lowest BCUT2D eigenvalue weighted by Crippen LogP contribution is -2.42. The van der Waals surface area contributed by atoms with Gasteiger partial charge in [-0.15, -0.1) is 0 Å². The van der Waals surface area contributed by atoms with Crippen molar-refractivity contribution in [1.29, 1.82) is 0 Å². The monoisotopic (exact) mass is 491 g/mol. The number of carbonyl (C=O) groups is 2. The van der Waals surface area contributed by atoms with Crippen LogP contribution in [0.1, 0.15) is 56.2 Å². The van der Waals surface area contributed by atoms with Crippen LogP contribution in [0.4, 0.5) is 10.5 Å². The molecule has 8 heteroatoms. The number of hydrogen-bond donors (Lipinski definition) is 1. The van der Waals surface area contributed by atoms with E-state index in [-0.39, 0.29) is 24.1 Å². The Morgan fingerprint density at radius 2 is 1.81 bits per heavy atom. The van der Waals surface area contributed by atoms with E-state index in [1.165, 1.54) is 12.7 Å². The quantitative estimate of drug-likeness (QED) is 0.497. The van der Waals surface area contributed by atoms with Crippen LogP contribution in [0.25, 0.3) is 11.0 Å². The Bertz CT molecular complexity index is 1250. The van der Waals surface area contributed by atoms with E-state index in [0.29, 0.717) is 25.5 Å². The summed E-state index contributed by atoms with van der Waals surface area (Å²) in [5.74, 6) is -1.00. The molecule has 0 unspecified atom stereocenters. The number of fused-ring (bicyclic) bond motifs is 3. The fourth-order valence-electron chi connectivity index (χ4n) is 5.69. The second-order valence-corrected chi connectivity index (χ2v) is 9.85. The molecule has 0 spiro atoms. The number of carbonyl (C=O) groups excluding carboxylic acids is 1. The van der Waals surface area contributed by atoms with Crippen LogP contribution in [0.2, 0.25) is 0 Å². The number of imidazole rings is 1. The summed E-state index contributed by atoms with van der Waals surface area (Å²) in [5, 5.41) is 9.46. The molecule has 1 N–H and O–H groups in total. The number of ether oxygens (including phenoxy) is 2. The van der Waals surface area contributed by atoms with E-state index < -0.39 is 5.97 Å². The summed E-state index contributed by atoms with van der Waals surface area (Å²) in [6.07, 6.45) is 4.84. The molecule has 3 aromatic rings. The highest BCUT2D eigenvalue weighted by molar-refractivity contribution is 5.95. The van der Waals surface area contributed by atoms with Gasteiger partial charge in [0.05, 0.1) is 36.4 Å². The minimum atomic E-state index is -0.714. The van der Waals surface area contributed by atoms with Crippen LogP contribution in [0, 0.1) is 5.92 Å². The second kappa shape index (κ2) is 10.2. The smallest absolute Gasteiger partial charge is 0.414 e. The van der Waals surface area contributed by atoms with E-state index in [1.807, 2.05) is 37.3 Å². The van der Waals surface area contributed by atoms with Crippen molar-refractivity contribution in [1.82, 2.24) is 9.55 Å². The molecule has 1 aliphatic carbocycles. The molecular weight excluding hydrogens is 458 g/mol. The van der Waals surface area contributed by atoms with Crippen molar-refractivity contribution in [2.75, 3.05) is 18.6 Å². The Balaban J connectivity index is 1.51. The lowest BCUT2D eigenvalue weighted by Gasteiger charge is -2.34. The average Bonchev–Trinajstić information content (AvgIpc) is 3.27. The summed E-state index contributed by atoms with van der Waals surface area (Å²) >= 11 is 0. The van der Waals surface area contributed by atoms with Gasteiger partial charge in [0.1, 0.15) is 0 Å². The summed E-state index contributed by atoms with van der Waals surface area (Å²) in [7, 11) is 1.41. The third-order valence-corrected chi connectivity index (χ3v) is 7.67. The van der Waals surface area contributed by atoms with E-state index >= 15 is 0 Å². The van der Waals surface area contributed by atoms with Crippen LogP contribution in [-0.4, -0.2) is 46.5 Å². The fourth-order valence-corrected chi connectivity index (χ4v) is 5.69. The van der Waals surface area contributed by atoms with Gasteiger partial charge in [-0.05, 0) is 63.1 Å². The zero-order valence-electron chi connectivity index (χ0n) is 20.9. The average molecular weight is 492 g/mol. The van der Waals surface area contributed by atoms with E-state index in [4.69, 9.17) is 14.5 Å². The molecule has 1 aromatic heterocycles. The van der Waals surface area contributed by atoms with Gasteiger partial charge in [-0.2, -0.15) is 4.98 Å². The van der Waals surface area contributed by atoms with Gasteiger partial charge in [-0.25, -0.2) is 4.79 Å². The number of methoxy groups -OCH3 is 1. The maximum Gasteiger partial charge on any atom is 0.414 e. The SMILES string of the molecule is COC(=O)N1c2ccc3c(nc(OCCc4ccccc4)n3C3CCC(C(=O)O)CC3)c2CC[C@@H]1C. The van der Waals surface area contributed by atoms with Gasteiger partial charge in [0, 0.05) is 24.1 Å². The van der Waals surface area contributed by atoms with Crippen molar-refractivity contribution in [3.05, 3.63) is 53.6 Å². The van der Waals surface area contributed by atoms with Gasteiger partial charge in [0.25, 0.3) is 6.01 Å². The number of aryl methyl sites for hydroxylation is 1. The van der Waals surface area contributed by atoms with Crippen LogP contribution in [0.3, 0.4) is 0 Å². The molecule has 190 valence electrons. The number of rotatable bonds is 6.